The van der Waals surface area contributed by atoms with E-state index in [0.717, 1.165) is 61.3 Å². The van der Waals surface area contributed by atoms with Crippen molar-refractivity contribution in [2.45, 2.75) is 50.9 Å². The van der Waals surface area contributed by atoms with Gasteiger partial charge in [0, 0.05) is 51.4 Å². The first-order valence-corrected chi connectivity index (χ1v) is 13.1. The van der Waals surface area contributed by atoms with Crippen LogP contribution in [0.25, 0.3) is 0 Å². The van der Waals surface area contributed by atoms with Crippen molar-refractivity contribution in [1.82, 2.24) is 24.6 Å². The second-order valence-corrected chi connectivity index (χ2v) is 9.57. The third kappa shape index (κ3) is 5.84. The summed E-state index contributed by atoms with van der Waals surface area (Å²) in [5.74, 6) is 2.29. The summed E-state index contributed by atoms with van der Waals surface area (Å²) in [7, 11) is 1.66. The molecule has 9 nitrogen and oxygen atoms in total. The quantitative estimate of drug-likeness (QED) is 0.531. The minimum absolute atomic E-state index is 0.120. The van der Waals surface area contributed by atoms with Crippen molar-refractivity contribution in [2.75, 3.05) is 50.5 Å². The van der Waals surface area contributed by atoms with Gasteiger partial charge in [-0.2, -0.15) is 0 Å². The van der Waals surface area contributed by atoms with Crippen LogP contribution in [0.1, 0.15) is 38.4 Å². The van der Waals surface area contributed by atoms with Gasteiger partial charge in [0.15, 0.2) is 11.0 Å². The molecule has 2 aromatic rings. The second-order valence-electron chi connectivity index (χ2n) is 8.62. The molecule has 0 bridgehead atoms. The fourth-order valence-corrected chi connectivity index (χ4v) is 5.39. The van der Waals surface area contributed by atoms with Crippen LogP contribution in [0, 0.1) is 0 Å². The zero-order valence-corrected chi connectivity index (χ0v) is 20.9. The Hall–Kier alpha value is -2.75. The number of methoxy groups -OCH3 is 1. The number of carbonyl (C=O) groups is 2. The van der Waals surface area contributed by atoms with Crippen molar-refractivity contribution in [3.05, 3.63) is 30.1 Å². The minimum atomic E-state index is 0.120. The number of hydrogen-bond acceptors (Lipinski definition) is 7. The molecule has 0 N–H and O–H groups in total. The Labute approximate surface area is 205 Å². The summed E-state index contributed by atoms with van der Waals surface area (Å²) in [4.78, 5) is 31.3. The lowest BCUT2D eigenvalue weighted by molar-refractivity contribution is -0.131. The van der Waals surface area contributed by atoms with Crippen LogP contribution >= 0.6 is 11.8 Å². The van der Waals surface area contributed by atoms with Crippen LogP contribution in [0.2, 0.25) is 0 Å². The van der Waals surface area contributed by atoms with Crippen LogP contribution in [-0.2, 0) is 22.7 Å². The summed E-state index contributed by atoms with van der Waals surface area (Å²) in [6.45, 7) is 7.04. The van der Waals surface area contributed by atoms with Gasteiger partial charge in [-0.25, -0.2) is 0 Å². The number of aromatic nitrogens is 3. The van der Waals surface area contributed by atoms with Crippen molar-refractivity contribution in [3.8, 4) is 5.75 Å². The molecule has 0 atom stereocenters. The maximum Gasteiger partial charge on any atom is 0.233 e. The van der Waals surface area contributed by atoms with Crippen molar-refractivity contribution in [3.63, 3.8) is 0 Å². The van der Waals surface area contributed by atoms with E-state index < -0.39 is 0 Å². The van der Waals surface area contributed by atoms with Crippen molar-refractivity contribution in [2.24, 2.45) is 0 Å². The van der Waals surface area contributed by atoms with Gasteiger partial charge in [-0.05, 0) is 44.0 Å². The third-order valence-electron chi connectivity index (χ3n) is 6.51. The molecule has 4 rings (SSSR count). The molecule has 2 saturated heterocycles. The van der Waals surface area contributed by atoms with E-state index >= 15 is 0 Å². The molecule has 1 aromatic heterocycles. The van der Waals surface area contributed by atoms with Crippen LogP contribution in [0.15, 0.2) is 29.4 Å². The van der Waals surface area contributed by atoms with E-state index in [4.69, 9.17) is 4.74 Å². The first-order valence-electron chi connectivity index (χ1n) is 12.1. The van der Waals surface area contributed by atoms with Crippen LogP contribution < -0.4 is 9.64 Å². The lowest BCUT2D eigenvalue weighted by Crippen LogP contribution is -2.49. The summed E-state index contributed by atoms with van der Waals surface area (Å²) in [5.41, 5.74) is 1.15. The molecule has 2 aliphatic heterocycles. The lowest BCUT2D eigenvalue weighted by atomic mass is 10.2. The molecule has 34 heavy (non-hydrogen) atoms. The summed E-state index contributed by atoms with van der Waals surface area (Å²) >= 11 is 1.43. The standard InChI is InChI=1S/C24H34N6O3S/c1-3-30-21(17-29-12-6-4-5-7-22(29)31)25-26-24(30)34-18-23(32)28-15-13-27(14-16-28)19-8-10-20(33-2)11-9-19/h8-11H,3-7,12-18H2,1-2H3. The van der Waals surface area contributed by atoms with E-state index in [-0.39, 0.29) is 11.8 Å². The largest absolute Gasteiger partial charge is 0.497 e. The van der Waals surface area contributed by atoms with E-state index in [2.05, 4.69) is 27.2 Å². The minimum Gasteiger partial charge on any atom is -0.497 e. The number of nitrogens with zero attached hydrogens (tertiary/aromatic N) is 6. The maximum absolute atomic E-state index is 12.9. The van der Waals surface area contributed by atoms with Gasteiger partial charge in [0.1, 0.15) is 5.75 Å². The Morgan fingerprint density at radius 1 is 1.03 bits per heavy atom. The summed E-state index contributed by atoms with van der Waals surface area (Å²) in [6, 6.07) is 8.04. The molecule has 0 radical (unpaired) electrons. The molecular formula is C24H34N6O3S. The van der Waals surface area contributed by atoms with E-state index in [1.165, 1.54) is 11.8 Å². The summed E-state index contributed by atoms with van der Waals surface area (Å²) in [6.07, 6.45) is 3.71. The Kier molecular flexibility index (Phi) is 8.31. The first kappa shape index (κ1) is 24.4. The Morgan fingerprint density at radius 2 is 1.79 bits per heavy atom. The topological polar surface area (TPSA) is 83.8 Å². The highest BCUT2D eigenvalue weighted by atomic mass is 32.2. The highest BCUT2D eigenvalue weighted by Crippen LogP contribution is 2.23. The third-order valence-corrected chi connectivity index (χ3v) is 7.46. The molecule has 2 amide bonds. The molecule has 1 aromatic carbocycles. The second kappa shape index (κ2) is 11.6. The monoisotopic (exact) mass is 486 g/mol. The fraction of sp³-hybridized carbons (Fsp3) is 0.583. The number of carbonyl (C=O) groups excluding carboxylic acids is 2. The number of likely N-dealkylation sites (tertiary alicyclic amines) is 1. The SMILES string of the molecule is CCn1c(CN2CCCCCC2=O)nnc1SCC(=O)N1CCN(c2ccc(OC)cc2)CC1. The first-order chi connectivity index (χ1) is 16.6. The number of rotatable bonds is 8. The van der Waals surface area contributed by atoms with E-state index in [0.29, 0.717) is 38.4 Å². The van der Waals surface area contributed by atoms with Crippen LogP contribution in [0.5, 0.6) is 5.75 Å². The molecule has 10 heteroatoms. The van der Waals surface area contributed by atoms with Gasteiger partial charge in [-0.15, -0.1) is 10.2 Å². The molecule has 2 fully saturated rings. The average Bonchev–Trinajstić information content (AvgIpc) is 3.15. The summed E-state index contributed by atoms with van der Waals surface area (Å²) in [5, 5.41) is 9.42. The van der Waals surface area contributed by atoms with Gasteiger partial charge in [0.25, 0.3) is 0 Å². The highest BCUT2D eigenvalue weighted by molar-refractivity contribution is 7.99. The molecule has 2 aliphatic rings. The number of thioether (sulfide) groups is 1. The van der Waals surface area contributed by atoms with E-state index in [1.54, 1.807) is 7.11 Å². The Bertz CT molecular complexity index is 972. The number of hydrogen-bond donors (Lipinski definition) is 0. The number of amides is 2. The summed E-state index contributed by atoms with van der Waals surface area (Å²) < 4.78 is 7.26. The zero-order chi connectivity index (χ0) is 23.9. The number of ether oxygens (including phenoxy) is 1. The van der Waals surface area contributed by atoms with Gasteiger partial charge in [-0.3, -0.25) is 9.59 Å². The van der Waals surface area contributed by atoms with E-state index in [1.807, 2.05) is 33.4 Å². The smallest absolute Gasteiger partial charge is 0.233 e. The predicted octanol–water partition coefficient (Wildman–Crippen LogP) is 2.65. The number of piperazine rings is 1. The van der Waals surface area contributed by atoms with Crippen LogP contribution in [0.3, 0.4) is 0 Å². The molecule has 0 aliphatic carbocycles. The lowest BCUT2D eigenvalue weighted by Gasteiger charge is -2.36. The van der Waals surface area contributed by atoms with Crippen LogP contribution in [-0.4, -0.2) is 82.0 Å². The highest BCUT2D eigenvalue weighted by Gasteiger charge is 2.24. The van der Waals surface area contributed by atoms with Crippen molar-refractivity contribution in [1.29, 1.82) is 0 Å². The molecule has 3 heterocycles. The zero-order valence-electron chi connectivity index (χ0n) is 20.1. The fourth-order valence-electron chi connectivity index (χ4n) is 4.46. The van der Waals surface area contributed by atoms with Gasteiger partial charge in [-0.1, -0.05) is 18.2 Å². The normalized spacial score (nSPS) is 17.1. The number of anilines is 1. The van der Waals surface area contributed by atoms with Gasteiger partial charge in [0.05, 0.1) is 19.4 Å². The van der Waals surface area contributed by atoms with Crippen LogP contribution in [0.4, 0.5) is 5.69 Å². The van der Waals surface area contributed by atoms with E-state index in [9.17, 15) is 9.59 Å². The van der Waals surface area contributed by atoms with Gasteiger partial charge >= 0.3 is 0 Å². The maximum atomic E-state index is 12.9. The molecule has 184 valence electrons. The molecular weight excluding hydrogens is 452 g/mol. The molecule has 0 spiro atoms. The Morgan fingerprint density at radius 3 is 2.50 bits per heavy atom. The van der Waals surface area contributed by atoms with Crippen molar-refractivity contribution >= 4 is 29.3 Å². The van der Waals surface area contributed by atoms with Crippen molar-refractivity contribution < 1.29 is 14.3 Å². The number of benzene rings is 1. The van der Waals surface area contributed by atoms with Gasteiger partial charge < -0.3 is 24.0 Å². The predicted molar refractivity (Wildman–Crippen MR) is 132 cm³/mol. The molecule has 0 unspecified atom stereocenters. The van der Waals surface area contributed by atoms with Gasteiger partial charge in [0.2, 0.25) is 11.8 Å². The Balaban J connectivity index is 1.28. The average molecular weight is 487 g/mol. The molecule has 0 saturated carbocycles.